The van der Waals surface area contributed by atoms with Crippen molar-refractivity contribution in [3.8, 4) is 0 Å². The predicted molar refractivity (Wildman–Crippen MR) is 77.9 cm³/mol. The number of halogens is 2. The highest BCUT2D eigenvalue weighted by Gasteiger charge is 2.45. The molecule has 1 aromatic carbocycles. The first-order valence-corrected chi connectivity index (χ1v) is 7.18. The van der Waals surface area contributed by atoms with Crippen molar-refractivity contribution in [1.82, 2.24) is 5.32 Å². The third kappa shape index (κ3) is 2.44. The lowest BCUT2D eigenvalue weighted by Crippen LogP contribution is -2.68. The quantitative estimate of drug-likeness (QED) is 0.898. The molecule has 0 spiro atoms. The van der Waals surface area contributed by atoms with Crippen molar-refractivity contribution in [1.29, 1.82) is 0 Å². The maximum Gasteiger partial charge on any atom is 0.252 e. The second-order valence-corrected chi connectivity index (χ2v) is 6.22. The van der Waals surface area contributed by atoms with Gasteiger partial charge in [0.1, 0.15) is 17.4 Å². The average Bonchev–Trinajstić information content (AvgIpc) is 2.34. The molecule has 6 heteroatoms. The van der Waals surface area contributed by atoms with Crippen molar-refractivity contribution in [2.45, 2.75) is 38.8 Å². The third-order valence-electron chi connectivity index (χ3n) is 3.36. The zero-order chi connectivity index (χ0) is 15.1. The third-order valence-corrected chi connectivity index (χ3v) is 3.85. The zero-order valence-corrected chi connectivity index (χ0v) is 13.1. The summed E-state index contributed by atoms with van der Waals surface area (Å²) < 4.78 is 14.7. The summed E-state index contributed by atoms with van der Waals surface area (Å²) in [5.74, 6) is -1.11. The van der Waals surface area contributed by atoms with Crippen LogP contribution in [-0.4, -0.2) is 23.4 Å². The Labute approximate surface area is 125 Å². The van der Waals surface area contributed by atoms with Crippen molar-refractivity contribution in [3.63, 3.8) is 0 Å². The van der Waals surface area contributed by atoms with Gasteiger partial charge >= 0.3 is 0 Å². The van der Waals surface area contributed by atoms with E-state index < -0.39 is 17.4 Å². The molecule has 20 heavy (non-hydrogen) atoms. The lowest BCUT2D eigenvalue weighted by atomic mass is 9.95. The maximum atomic E-state index is 14.1. The van der Waals surface area contributed by atoms with Crippen LogP contribution in [0, 0.1) is 5.82 Å². The standard InChI is InChI=1S/C14H16BrFN2O2/c1-4-10-12(19)17-14(2,3)13(20)18(10)11-6-5-8(15)7-9(11)16/h5-7,10H,4H2,1-3H3,(H,17,19). The molecule has 108 valence electrons. The van der Waals surface area contributed by atoms with Crippen molar-refractivity contribution >= 4 is 33.4 Å². The first kappa shape index (κ1) is 15.0. The number of carbonyl (C=O) groups excluding carboxylic acids is 2. The Bertz CT molecular complexity index is 574. The monoisotopic (exact) mass is 342 g/mol. The van der Waals surface area contributed by atoms with E-state index in [-0.39, 0.29) is 17.5 Å². The number of piperazine rings is 1. The molecule has 1 aromatic rings. The topological polar surface area (TPSA) is 49.4 Å². The maximum absolute atomic E-state index is 14.1. The van der Waals surface area contributed by atoms with Gasteiger partial charge in [0.2, 0.25) is 5.91 Å². The molecule has 1 unspecified atom stereocenters. The Morgan fingerprint density at radius 1 is 1.40 bits per heavy atom. The van der Waals surface area contributed by atoms with Gasteiger partial charge in [-0.1, -0.05) is 22.9 Å². The number of hydrogen-bond donors (Lipinski definition) is 1. The fourth-order valence-corrected chi connectivity index (χ4v) is 2.66. The number of rotatable bonds is 2. The molecule has 0 saturated carbocycles. The van der Waals surface area contributed by atoms with Crippen LogP contribution in [0.2, 0.25) is 0 Å². The molecule has 1 fully saturated rings. The SMILES string of the molecule is CCC1C(=O)NC(C)(C)C(=O)N1c1ccc(Br)cc1F. The summed E-state index contributed by atoms with van der Waals surface area (Å²) in [4.78, 5) is 25.9. The van der Waals surface area contributed by atoms with Crippen LogP contribution < -0.4 is 10.2 Å². The highest BCUT2D eigenvalue weighted by molar-refractivity contribution is 9.10. The Balaban J connectivity index is 2.54. The molecule has 4 nitrogen and oxygen atoms in total. The molecule has 1 aliphatic heterocycles. The van der Waals surface area contributed by atoms with Gasteiger partial charge in [-0.15, -0.1) is 0 Å². The smallest absolute Gasteiger partial charge is 0.252 e. The Kier molecular flexibility index (Phi) is 3.86. The van der Waals surface area contributed by atoms with Crippen LogP contribution in [0.25, 0.3) is 0 Å². The number of carbonyl (C=O) groups is 2. The van der Waals surface area contributed by atoms with E-state index in [1.54, 1.807) is 26.8 Å². The van der Waals surface area contributed by atoms with E-state index >= 15 is 0 Å². The van der Waals surface area contributed by atoms with Gasteiger partial charge in [0.05, 0.1) is 5.69 Å². The van der Waals surface area contributed by atoms with Crippen molar-refractivity contribution in [2.24, 2.45) is 0 Å². The molecular formula is C14H16BrFN2O2. The van der Waals surface area contributed by atoms with E-state index in [1.165, 1.54) is 17.0 Å². The zero-order valence-electron chi connectivity index (χ0n) is 11.5. The molecule has 1 aliphatic rings. The highest BCUT2D eigenvalue weighted by atomic mass is 79.9. The number of benzene rings is 1. The van der Waals surface area contributed by atoms with Crippen LogP contribution >= 0.6 is 15.9 Å². The minimum atomic E-state index is -1.04. The summed E-state index contributed by atoms with van der Waals surface area (Å²) in [7, 11) is 0. The summed E-state index contributed by atoms with van der Waals surface area (Å²) in [6.45, 7) is 5.02. The summed E-state index contributed by atoms with van der Waals surface area (Å²) in [5, 5.41) is 2.68. The molecule has 1 saturated heterocycles. The first-order chi connectivity index (χ1) is 9.27. The van der Waals surface area contributed by atoms with Crippen molar-refractivity contribution in [3.05, 3.63) is 28.5 Å². The van der Waals surface area contributed by atoms with E-state index in [4.69, 9.17) is 0 Å². The molecular weight excluding hydrogens is 327 g/mol. The van der Waals surface area contributed by atoms with Gasteiger partial charge in [0.25, 0.3) is 5.91 Å². The Morgan fingerprint density at radius 2 is 2.05 bits per heavy atom. The molecule has 0 aliphatic carbocycles. The minimum absolute atomic E-state index is 0.132. The summed E-state index contributed by atoms with van der Waals surface area (Å²) in [6.07, 6.45) is 0.420. The molecule has 0 aromatic heterocycles. The summed E-state index contributed by atoms with van der Waals surface area (Å²) >= 11 is 3.18. The van der Waals surface area contributed by atoms with E-state index in [9.17, 15) is 14.0 Å². The molecule has 1 N–H and O–H groups in total. The van der Waals surface area contributed by atoms with Crippen LogP contribution in [0.15, 0.2) is 22.7 Å². The summed E-state index contributed by atoms with van der Waals surface area (Å²) in [5.41, 5.74) is -0.907. The van der Waals surface area contributed by atoms with Gasteiger partial charge in [-0.25, -0.2) is 4.39 Å². The van der Waals surface area contributed by atoms with Crippen LogP contribution in [-0.2, 0) is 9.59 Å². The van der Waals surface area contributed by atoms with Gasteiger partial charge in [0, 0.05) is 4.47 Å². The second kappa shape index (κ2) is 5.16. The van der Waals surface area contributed by atoms with Crippen LogP contribution in [0.4, 0.5) is 10.1 Å². The number of nitrogens with one attached hydrogen (secondary N) is 1. The Hall–Kier alpha value is -1.43. The first-order valence-electron chi connectivity index (χ1n) is 6.38. The van der Waals surface area contributed by atoms with Gasteiger partial charge in [0.15, 0.2) is 0 Å². The molecule has 0 radical (unpaired) electrons. The number of anilines is 1. The van der Waals surface area contributed by atoms with E-state index in [1.807, 2.05) is 0 Å². The van der Waals surface area contributed by atoms with Crippen LogP contribution in [0.5, 0.6) is 0 Å². The molecule has 0 bridgehead atoms. The lowest BCUT2D eigenvalue weighted by Gasteiger charge is -2.42. The molecule has 1 atom stereocenters. The fourth-order valence-electron chi connectivity index (χ4n) is 2.33. The van der Waals surface area contributed by atoms with E-state index in [0.29, 0.717) is 10.9 Å². The van der Waals surface area contributed by atoms with Crippen molar-refractivity contribution < 1.29 is 14.0 Å². The molecule has 2 amide bonds. The van der Waals surface area contributed by atoms with Gasteiger partial charge < -0.3 is 5.32 Å². The second-order valence-electron chi connectivity index (χ2n) is 5.31. The fraction of sp³-hybridized carbons (Fsp3) is 0.429. The highest BCUT2D eigenvalue weighted by Crippen LogP contribution is 2.30. The number of hydrogen-bond acceptors (Lipinski definition) is 2. The molecule has 1 heterocycles. The van der Waals surface area contributed by atoms with E-state index in [2.05, 4.69) is 21.2 Å². The van der Waals surface area contributed by atoms with Crippen LogP contribution in [0.3, 0.4) is 0 Å². The minimum Gasteiger partial charge on any atom is -0.340 e. The number of nitrogens with zero attached hydrogens (tertiary/aromatic N) is 1. The Morgan fingerprint density at radius 3 is 2.60 bits per heavy atom. The van der Waals surface area contributed by atoms with E-state index in [0.717, 1.165) is 0 Å². The summed E-state index contributed by atoms with van der Waals surface area (Å²) in [6, 6.07) is 3.76. The number of amides is 2. The van der Waals surface area contributed by atoms with Gasteiger partial charge in [-0.2, -0.15) is 0 Å². The van der Waals surface area contributed by atoms with Crippen LogP contribution in [0.1, 0.15) is 27.2 Å². The van der Waals surface area contributed by atoms with Crippen molar-refractivity contribution in [2.75, 3.05) is 4.90 Å². The largest absolute Gasteiger partial charge is 0.340 e. The normalized spacial score (nSPS) is 21.9. The van der Waals surface area contributed by atoms with Gasteiger partial charge in [-0.3, -0.25) is 14.5 Å². The van der Waals surface area contributed by atoms with Gasteiger partial charge in [-0.05, 0) is 38.5 Å². The molecule has 2 rings (SSSR count). The predicted octanol–water partition coefficient (Wildman–Crippen LogP) is 2.61. The lowest BCUT2D eigenvalue weighted by molar-refractivity contribution is -0.137. The average molecular weight is 343 g/mol.